The van der Waals surface area contributed by atoms with Gasteiger partial charge in [-0.3, -0.25) is 9.59 Å². The Hall–Kier alpha value is -4.02. The Kier molecular flexibility index (Phi) is 12.2. The summed E-state index contributed by atoms with van der Waals surface area (Å²) in [6, 6.07) is 15.1. The van der Waals surface area contributed by atoms with Gasteiger partial charge in [0.25, 0.3) is 5.91 Å². The standard InChI is InChI=1S/C32H36Cl2N2O8/c1-19(36-30(38)28-29(42-18-41-21(3)37)27(40-6)14-15-35-28)31(39)43-20(2)24(16-22-10-8-7-9-11-22)32(4,5)44-26-13-12-23(33)17-25(26)34/h7-15,17,19-20,24H,16,18H2,1-6H3,(H,36,38)/t19-,20-,24-/m0/s1. The van der Waals surface area contributed by atoms with E-state index in [1.807, 2.05) is 44.2 Å². The van der Waals surface area contributed by atoms with Crippen molar-refractivity contribution in [2.45, 2.75) is 58.8 Å². The molecular weight excluding hydrogens is 611 g/mol. The van der Waals surface area contributed by atoms with Gasteiger partial charge in [0.15, 0.2) is 17.2 Å². The first-order valence-corrected chi connectivity index (χ1v) is 14.6. The van der Waals surface area contributed by atoms with Crippen LogP contribution >= 0.6 is 23.2 Å². The van der Waals surface area contributed by atoms with Crippen molar-refractivity contribution in [3.8, 4) is 17.2 Å². The molecule has 0 saturated carbocycles. The second-order valence-electron chi connectivity index (χ2n) is 10.5. The van der Waals surface area contributed by atoms with E-state index in [-0.39, 0.29) is 23.1 Å². The van der Waals surface area contributed by atoms with Crippen molar-refractivity contribution in [2.24, 2.45) is 5.92 Å². The fraction of sp³-hybridized carbons (Fsp3) is 0.375. The van der Waals surface area contributed by atoms with E-state index in [9.17, 15) is 14.4 Å². The lowest BCUT2D eigenvalue weighted by Crippen LogP contribution is -2.48. The molecule has 0 aliphatic rings. The minimum absolute atomic E-state index is 0.0506. The fourth-order valence-electron chi connectivity index (χ4n) is 4.52. The molecule has 1 heterocycles. The summed E-state index contributed by atoms with van der Waals surface area (Å²) in [5.41, 5.74) is -0.00963. The maximum atomic E-state index is 13.3. The first-order valence-electron chi connectivity index (χ1n) is 13.8. The van der Waals surface area contributed by atoms with E-state index in [4.69, 9.17) is 46.9 Å². The van der Waals surface area contributed by atoms with Gasteiger partial charge in [0.05, 0.1) is 12.1 Å². The molecule has 44 heavy (non-hydrogen) atoms. The summed E-state index contributed by atoms with van der Waals surface area (Å²) in [4.78, 5) is 41.6. The van der Waals surface area contributed by atoms with Gasteiger partial charge in [-0.1, -0.05) is 53.5 Å². The highest BCUT2D eigenvalue weighted by Gasteiger charge is 2.39. The second-order valence-corrected chi connectivity index (χ2v) is 11.3. The number of pyridine rings is 1. The summed E-state index contributed by atoms with van der Waals surface area (Å²) in [5, 5.41) is 3.42. The molecule has 1 aromatic heterocycles. The quantitative estimate of drug-likeness (QED) is 0.164. The summed E-state index contributed by atoms with van der Waals surface area (Å²) in [6.07, 6.45) is 1.21. The fourth-order valence-corrected chi connectivity index (χ4v) is 4.96. The summed E-state index contributed by atoms with van der Waals surface area (Å²) >= 11 is 12.5. The Morgan fingerprint density at radius 2 is 1.70 bits per heavy atom. The average molecular weight is 648 g/mol. The minimum Gasteiger partial charge on any atom is -0.493 e. The van der Waals surface area contributed by atoms with Gasteiger partial charge in [-0.15, -0.1) is 0 Å². The minimum atomic E-state index is -1.06. The van der Waals surface area contributed by atoms with Crippen LogP contribution in [0.2, 0.25) is 10.0 Å². The number of rotatable bonds is 14. The van der Waals surface area contributed by atoms with Crippen LogP contribution in [0.25, 0.3) is 0 Å². The van der Waals surface area contributed by atoms with Crippen molar-refractivity contribution in [1.29, 1.82) is 0 Å². The largest absolute Gasteiger partial charge is 0.493 e. The topological polar surface area (TPSA) is 122 Å². The first kappa shape index (κ1) is 34.5. The van der Waals surface area contributed by atoms with Gasteiger partial charge in [-0.05, 0) is 57.9 Å². The average Bonchev–Trinajstić information content (AvgIpc) is 2.97. The van der Waals surface area contributed by atoms with Crippen LogP contribution in [0.1, 0.15) is 50.7 Å². The predicted molar refractivity (Wildman–Crippen MR) is 165 cm³/mol. The number of amides is 1. The zero-order valence-electron chi connectivity index (χ0n) is 25.4. The van der Waals surface area contributed by atoms with E-state index in [0.717, 1.165) is 5.56 Å². The smallest absolute Gasteiger partial charge is 0.328 e. The maximum Gasteiger partial charge on any atom is 0.328 e. The molecule has 0 fully saturated rings. The molecular formula is C32H36Cl2N2O8. The normalized spacial score (nSPS) is 13.2. The Morgan fingerprint density at radius 1 is 1.00 bits per heavy atom. The SMILES string of the molecule is COc1ccnc(C(=O)N[C@@H](C)C(=O)O[C@@H](C)[C@H](Cc2ccccc2)C(C)(C)Oc2ccc(Cl)cc2Cl)c1OCOC(C)=O. The zero-order chi connectivity index (χ0) is 32.4. The molecule has 236 valence electrons. The van der Waals surface area contributed by atoms with Crippen molar-refractivity contribution >= 4 is 41.0 Å². The van der Waals surface area contributed by atoms with E-state index in [1.54, 1.807) is 25.1 Å². The third kappa shape index (κ3) is 9.49. The summed E-state index contributed by atoms with van der Waals surface area (Å²) in [6.45, 7) is 7.82. The third-order valence-electron chi connectivity index (χ3n) is 6.80. The summed E-state index contributed by atoms with van der Waals surface area (Å²) < 4.78 is 27.8. The van der Waals surface area contributed by atoms with Crippen LogP contribution in [-0.2, 0) is 25.5 Å². The number of benzene rings is 2. The molecule has 0 unspecified atom stereocenters. The molecule has 1 amide bonds. The van der Waals surface area contributed by atoms with Crippen LogP contribution in [0, 0.1) is 5.92 Å². The molecule has 0 bridgehead atoms. The molecule has 2 aromatic carbocycles. The number of carbonyl (C=O) groups is 3. The van der Waals surface area contributed by atoms with E-state index < -0.39 is 42.4 Å². The van der Waals surface area contributed by atoms with Gasteiger partial charge in [0, 0.05) is 30.1 Å². The molecule has 1 N–H and O–H groups in total. The molecule has 3 aromatic rings. The van der Waals surface area contributed by atoms with Crippen molar-refractivity contribution in [2.75, 3.05) is 13.9 Å². The van der Waals surface area contributed by atoms with Gasteiger partial charge >= 0.3 is 11.9 Å². The first-order chi connectivity index (χ1) is 20.8. The van der Waals surface area contributed by atoms with Gasteiger partial charge in [-0.2, -0.15) is 0 Å². The van der Waals surface area contributed by atoms with Crippen molar-refractivity contribution < 1.29 is 38.1 Å². The van der Waals surface area contributed by atoms with Crippen LogP contribution in [-0.4, -0.2) is 54.5 Å². The number of carbonyl (C=O) groups excluding carboxylic acids is 3. The third-order valence-corrected chi connectivity index (χ3v) is 7.33. The Morgan fingerprint density at radius 3 is 2.34 bits per heavy atom. The Labute approximate surface area is 266 Å². The number of aromatic nitrogens is 1. The highest BCUT2D eigenvalue weighted by molar-refractivity contribution is 6.35. The Balaban J connectivity index is 1.77. The van der Waals surface area contributed by atoms with Crippen LogP contribution < -0.4 is 19.5 Å². The van der Waals surface area contributed by atoms with Crippen molar-refractivity contribution in [1.82, 2.24) is 10.3 Å². The lowest BCUT2D eigenvalue weighted by Gasteiger charge is -2.38. The lowest BCUT2D eigenvalue weighted by molar-refractivity contribution is -0.156. The van der Waals surface area contributed by atoms with Crippen LogP contribution in [0.3, 0.4) is 0 Å². The molecule has 3 rings (SSSR count). The number of methoxy groups -OCH3 is 1. The molecule has 0 aliphatic heterocycles. The molecule has 10 nitrogen and oxygen atoms in total. The molecule has 0 saturated heterocycles. The number of nitrogens with one attached hydrogen (secondary N) is 1. The lowest BCUT2D eigenvalue weighted by atomic mass is 9.81. The van der Waals surface area contributed by atoms with E-state index >= 15 is 0 Å². The van der Waals surface area contributed by atoms with Gasteiger partial charge < -0.3 is 29.0 Å². The van der Waals surface area contributed by atoms with Gasteiger partial charge in [0.1, 0.15) is 23.5 Å². The molecule has 0 spiro atoms. The number of hydrogen-bond donors (Lipinski definition) is 1. The number of hydrogen-bond acceptors (Lipinski definition) is 9. The molecule has 0 aliphatic carbocycles. The van der Waals surface area contributed by atoms with Crippen LogP contribution in [0.4, 0.5) is 0 Å². The van der Waals surface area contributed by atoms with E-state index in [0.29, 0.717) is 22.2 Å². The monoisotopic (exact) mass is 646 g/mol. The number of ether oxygens (including phenoxy) is 5. The molecule has 12 heteroatoms. The van der Waals surface area contributed by atoms with Crippen molar-refractivity contribution in [3.05, 3.63) is 82.1 Å². The number of nitrogens with zero attached hydrogens (tertiary/aromatic N) is 1. The molecule has 0 radical (unpaired) electrons. The van der Waals surface area contributed by atoms with Crippen LogP contribution in [0.5, 0.6) is 17.2 Å². The number of esters is 2. The zero-order valence-corrected chi connectivity index (χ0v) is 26.9. The van der Waals surface area contributed by atoms with E-state index in [1.165, 1.54) is 33.2 Å². The molecule has 3 atom stereocenters. The summed E-state index contributed by atoms with van der Waals surface area (Å²) in [5.74, 6) is -1.73. The second kappa shape index (κ2) is 15.6. The predicted octanol–water partition coefficient (Wildman–Crippen LogP) is 6.06. The van der Waals surface area contributed by atoms with Crippen molar-refractivity contribution in [3.63, 3.8) is 0 Å². The highest BCUT2D eigenvalue weighted by Crippen LogP contribution is 2.36. The van der Waals surface area contributed by atoms with Gasteiger partial charge in [0.2, 0.25) is 6.79 Å². The summed E-state index contributed by atoms with van der Waals surface area (Å²) in [7, 11) is 1.38. The maximum absolute atomic E-state index is 13.3. The highest BCUT2D eigenvalue weighted by atomic mass is 35.5. The number of halogens is 2. The van der Waals surface area contributed by atoms with E-state index in [2.05, 4.69) is 10.3 Å². The Bertz CT molecular complexity index is 1450. The van der Waals surface area contributed by atoms with Crippen LogP contribution in [0.15, 0.2) is 60.8 Å². The van der Waals surface area contributed by atoms with Gasteiger partial charge in [-0.25, -0.2) is 9.78 Å².